The zero-order chi connectivity index (χ0) is 26.2. The lowest BCUT2D eigenvalue weighted by atomic mass is 10.0. The summed E-state index contributed by atoms with van der Waals surface area (Å²) >= 11 is 36.2. The van der Waals surface area contributed by atoms with E-state index in [2.05, 4.69) is 5.32 Å². The van der Waals surface area contributed by atoms with Gasteiger partial charge in [0.05, 0.1) is 41.3 Å². The summed E-state index contributed by atoms with van der Waals surface area (Å²) in [5.41, 5.74) is -0.178. The largest absolute Gasteiger partial charge is 0.454 e. The van der Waals surface area contributed by atoms with E-state index >= 15 is 0 Å². The van der Waals surface area contributed by atoms with Crippen molar-refractivity contribution < 1.29 is 23.9 Å². The second kappa shape index (κ2) is 11.1. The van der Waals surface area contributed by atoms with Crippen LogP contribution in [0.5, 0.6) is 0 Å². The summed E-state index contributed by atoms with van der Waals surface area (Å²) in [6.07, 6.45) is 0.0510. The zero-order valence-electron chi connectivity index (χ0n) is 18.1. The standard InChI is InChI=1S/C22H16Cl6N2O5/c1-8(2)5-12(22(34)35-7-13(31)29-9-3-4-10(23)11(24)6-9)30-20(32)14-15(21(30)33)17(26)19(28)18(27)16(14)25/h3-4,6,8,12H,5,7H2,1-2H3,(H,29,31)/t12-/m1/s1. The maximum absolute atomic E-state index is 13.2. The molecule has 2 aromatic rings. The molecule has 0 saturated carbocycles. The summed E-state index contributed by atoms with van der Waals surface area (Å²) in [5.74, 6) is -3.54. The number of halogens is 6. The van der Waals surface area contributed by atoms with E-state index in [4.69, 9.17) is 74.3 Å². The topological polar surface area (TPSA) is 92.8 Å². The number of nitrogens with zero attached hydrogens (tertiary/aromatic N) is 1. The van der Waals surface area contributed by atoms with Crippen molar-refractivity contribution in [3.05, 3.63) is 59.5 Å². The first-order valence-electron chi connectivity index (χ1n) is 10.0. The summed E-state index contributed by atoms with van der Waals surface area (Å²) in [4.78, 5) is 52.3. The number of nitrogens with one attached hydrogen (secondary N) is 1. The van der Waals surface area contributed by atoms with Crippen LogP contribution < -0.4 is 5.32 Å². The SMILES string of the molecule is CC(C)C[C@H](C(=O)OCC(=O)Nc1ccc(Cl)c(Cl)c1)N1C(=O)c2c(Cl)c(Cl)c(Cl)c(Cl)c2C1=O. The van der Waals surface area contributed by atoms with Crippen molar-refractivity contribution in [1.82, 2.24) is 4.90 Å². The van der Waals surface area contributed by atoms with Crippen molar-refractivity contribution >= 4 is 99.0 Å². The summed E-state index contributed by atoms with van der Waals surface area (Å²) in [7, 11) is 0. The molecule has 7 nitrogen and oxygen atoms in total. The summed E-state index contributed by atoms with van der Waals surface area (Å²) in [5, 5.41) is 2.13. The number of hydrogen-bond acceptors (Lipinski definition) is 5. The van der Waals surface area contributed by atoms with Crippen LogP contribution in [0.25, 0.3) is 0 Å². The summed E-state index contributed by atoms with van der Waals surface area (Å²) in [6, 6.07) is 3.07. The molecule has 0 radical (unpaired) electrons. The third kappa shape index (κ3) is 5.66. The molecule has 1 atom stereocenters. The van der Waals surface area contributed by atoms with Crippen LogP contribution in [-0.4, -0.2) is 41.2 Å². The molecule has 35 heavy (non-hydrogen) atoms. The van der Waals surface area contributed by atoms with Gasteiger partial charge in [-0.2, -0.15) is 0 Å². The number of imide groups is 1. The van der Waals surface area contributed by atoms with Gasteiger partial charge in [0.25, 0.3) is 17.7 Å². The molecule has 0 aromatic heterocycles. The van der Waals surface area contributed by atoms with E-state index in [1.54, 1.807) is 13.8 Å². The average molecular weight is 601 g/mol. The van der Waals surface area contributed by atoms with Gasteiger partial charge in [0.15, 0.2) is 6.61 Å². The van der Waals surface area contributed by atoms with Crippen molar-refractivity contribution in [3.8, 4) is 0 Å². The minimum Gasteiger partial charge on any atom is -0.454 e. The third-order valence-electron chi connectivity index (χ3n) is 4.96. The van der Waals surface area contributed by atoms with Crippen LogP contribution in [0.1, 0.15) is 41.0 Å². The van der Waals surface area contributed by atoms with Crippen molar-refractivity contribution in [2.45, 2.75) is 26.3 Å². The number of anilines is 1. The number of hydrogen-bond donors (Lipinski definition) is 1. The lowest BCUT2D eigenvalue weighted by Crippen LogP contribution is -2.47. The van der Waals surface area contributed by atoms with Crippen LogP contribution in [0.15, 0.2) is 18.2 Å². The Hall–Kier alpha value is -1.74. The smallest absolute Gasteiger partial charge is 0.329 e. The van der Waals surface area contributed by atoms with Gasteiger partial charge in [-0.1, -0.05) is 83.5 Å². The van der Waals surface area contributed by atoms with Gasteiger partial charge in [0, 0.05) is 5.69 Å². The second-order valence-corrected chi connectivity index (χ2v) is 10.2. The maximum Gasteiger partial charge on any atom is 0.329 e. The molecule has 3 amide bonds. The molecule has 0 bridgehead atoms. The van der Waals surface area contributed by atoms with Gasteiger partial charge in [-0.3, -0.25) is 19.3 Å². The Morgan fingerprint density at radius 3 is 1.91 bits per heavy atom. The van der Waals surface area contributed by atoms with Crippen molar-refractivity contribution in [1.29, 1.82) is 0 Å². The Morgan fingerprint density at radius 1 is 0.886 bits per heavy atom. The molecular formula is C22H16Cl6N2O5. The number of carbonyl (C=O) groups is 4. The van der Waals surface area contributed by atoms with Crippen LogP contribution in [0, 0.1) is 5.92 Å². The van der Waals surface area contributed by atoms with Crippen LogP contribution in [0.4, 0.5) is 5.69 Å². The molecule has 0 fully saturated rings. The van der Waals surface area contributed by atoms with Crippen LogP contribution >= 0.6 is 69.6 Å². The molecule has 0 unspecified atom stereocenters. The van der Waals surface area contributed by atoms with E-state index in [0.29, 0.717) is 15.6 Å². The quantitative estimate of drug-likeness (QED) is 0.163. The highest BCUT2D eigenvalue weighted by Crippen LogP contribution is 2.45. The maximum atomic E-state index is 13.2. The van der Waals surface area contributed by atoms with Gasteiger partial charge in [-0.25, -0.2) is 4.79 Å². The van der Waals surface area contributed by atoms with Crippen molar-refractivity contribution in [3.63, 3.8) is 0 Å². The van der Waals surface area contributed by atoms with Gasteiger partial charge < -0.3 is 10.1 Å². The predicted molar refractivity (Wildman–Crippen MR) is 136 cm³/mol. The second-order valence-electron chi connectivity index (χ2n) is 7.92. The van der Waals surface area contributed by atoms with Gasteiger partial charge in [-0.15, -0.1) is 0 Å². The molecule has 1 heterocycles. The fourth-order valence-electron chi connectivity index (χ4n) is 3.41. The lowest BCUT2D eigenvalue weighted by molar-refractivity contribution is -0.151. The van der Waals surface area contributed by atoms with Crippen molar-refractivity contribution in [2.75, 3.05) is 11.9 Å². The molecule has 1 aliphatic heterocycles. The highest BCUT2D eigenvalue weighted by atomic mass is 35.5. The molecule has 2 aromatic carbocycles. The molecule has 0 aliphatic carbocycles. The van der Waals surface area contributed by atoms with E-state index < -0.39 is 36.3 Å². The van der Waals surface area contributed by atoms with Crippen LogP contribution in [0.2, 0.25) is 30.1 Å². The first-order valence-corrected chi connectivity index (χ1v) is 12.3. The highest BCUT2D eigenvalue weighted by Gasteiger charge is 2.47. The minimum absolute atomic E-state index is 0.0510. The van der Waals surface area contributed by atoms with E-state index in [-0.39, 0.29) is 48.6 Å². The van der Waals surface area contributed by atoms with E-state index in [1.165, 1.54) is 18.2 Å². The number of amides is 3. The molecule has 0 saturated heterocycles. The van der Waals surface area contributed by atoms with Crippen LogP contribution in [-0.2, 0) is 14.3 Å². The molecule has 13 heteroatoms. The number of carbonyl (C=O) groups excluding carboxylic acids is 4. The van der Waals surface area contributed by atoms with Crippen LogP contribution in [0.3, 0.4) is 0 Å². The Labute approximate surface area is 230 Å². The molecule has 1 aliphatic rings. The van der Waals surface area contributed by atoms with Gasteiger partial charge in [0.1, 0.15) is 6.04 Å². The molecular weight excluding hydrogens is 585 g/mol. The van der Waals surface area contributed by atoms with Gasteiger partial charge >= 0.3 is 5.97 Å². The Bertz CT molecular complexity index is 1200. The normalized spacial score (nSPS) is 13.8. The first-order chi connectivity index (χ1) is 16.3. The summed E-state index contributed by atoms with van der Waals surface area (Å²) in [6.45, 7) is 2.88. The monoisotopic (exact) mass is 598 g/mol. The number of ether oxygens (including phenoxy) is 1. The van der Waals surface area contributed by atoms with E-state index in [0.717, 1.165) is 0 Å². The minimum atomic E-state index is -1.36. The Balaban J connectivity index is 1.81. The fourth-order valence-corrected chi connectivity index (χ4v) is 4.72. The third-order valence-corrected chi connectivity index (χ3v) is 7.50. The number of esters is 1. The number of rotatable bonds is 7. The van der Waals surface area contributed by atoms with Gasteiger partial charge in [-0.05, 0) is 30.5 Å². The predicted octanol–water partition coefficient (Wildman–Crippen LogP) is 6.80. The first kappa shape index (κ1) is 27.8. The number of benzene rings is 2. The molecule has 1 N–H and O–H groups in total. The summed E-state index contributed by atoms with van der Waals surface area (Å²) < 4.78 is 5.13. The fraction of sp³-hybridized carbons (Fsp3) is 0.273. The Morgan fingerprint density at radius 2 is 1.43 bits per heavy atom. The molecule has 0 spiro atoms. The highest BCUT2D eigenvalue weighted by molar-refractivity contribution is 6.55. The van der Waals surface area contributed by atoms with Gasteiger partial charge in [0.2, 0.25) is 0 Å². The molecule has 3 rings (SSSR count). The number of fused-ring (bicyclic) bond motifs is 1. The van der Waals surface area contributed by atoms with E-state index in [9.17, 15) is 19.2 Å². The molecule has 186 valence electrons. The Kier molecular flexibility index (Phi) is 8.84. The van der Waals surface area contributed by atoms with Crippen molar-refractivity contribution in [2.24, 2.45) is 5.92 Å². The lowest BCUT2D eigenvalue weighted by Gasteiger charge is -2.26. The zero-order valence-corrected chi connectivity index (χ0v) is 22.6. The van der Waals surface area contributed by atoms with E-state index in [1.807, 2.05) is 0 Å². The average Bonchev–Trinajstić information content (AvgIpc) is 3.05.